The van der Waals surface area contributed by atoms with Crippen LogP contribution in [0.1, 0.15) is 53.4 Å². The zero-order valence-corrected chi connectivity index (χ0v) is 10.3. The molecule has 0 rings (SSSR count). The third-order valence-electron chi connectivity index (χ3n) is 2.58. The lowest BCUT2D eigenvalue weighted by Gasteiger charge is -2.27. The predicted octanol–water partition coefficient (Wildman–Crippen LogP) is 2.96. The molecule has 0 spiro atoms. The van der Waals surface area contributed by atoms with E-state index in [-0.39, 0.29) is 12.1 Å². The molecule has 0 aromatic rings. The van der Waals surface area contributed by atoms with Gasteiger partial charge in [-0.3, -0.25) is 0 Å². The Bertz CT molecular complexity index is 125. The minimum atomic E-state index is 0.210. The Morgan fingerprint density at radius 3 is 2.21 bits per heavy atom. The number of hydrogen-bond acceptors (Lipinski definition) is 2. The molecule has 2 unspecified atom stereocenters. The largest absolute Gasteiger partial charge is 0.377 e. The van der Waals surface area contributed by atoms with Gasteiger partial charge in [0.1, 0.15) is 0 Å². The van der Waals surface area contributed by atoms with E-state index in [1.165, 1.54) is 19.3 Å². The van der Waals surface area contributed by atoms with Crippen LogP contribution in [0.5, 0.6) is 0 Å². The minimum absolute atomic E-state index is 0.210. The number of unbranched alkanes of at least 4 members (excludes halogenated alkanes) is 2. The van der Waals surface area contributed by atoms with Crippen LogP contribution in [-0.2, 0) is 4.74 Å². The van der Waals surface area contributed by atoms with Crippen molar-refractivity contribution >= 4 is 0 Å². The Morgan fingerprint density at radius 1 is 1.14 bits per heavy atom. The van der Waals surface area contributed by atoms with Crippen molar-refractivity contribution in [1.29, 1.82) is 0 Å². The summed E-state index contributed by atoms with van der Waals surface area (Å²) in [6.45, 7) is 9.38. The maximum Gasteiger partial charge on any atom is 0.0748 e. The molecule has 0 radical (unpaired) electrons. The maximum atomic E-state index is 6.12. The molecule has 0 fully saturated rings. The van der Waals surface area contributed by atoms with Crippen molar-refractivity contribution in [3.05, 3.63) is 0 Å². The Morgan fingerprint density at radius 2 is 1.79 bits per heavy atom. The molecule has 0 aromatic carbocycles. The van der Waals surface area contributed by atoms with Gasteiger partial charge in [-0.2, -0.15) is 0 Å². The van der Waals surface area contributed by atoms with Crippen LogP contribution in [0.2, 0.25) is 0 Å². The molecule has 2 atom stereocenters. The van der Waals surface area contributed by atoms with E-state index in [0.717, 1.165) is 13.0 Å². The first kappa shape index (κ1) is 13.9. The first-order valence-corrected chi connectivity index (χ1v) is 6.00. The average Bonchev–Trinajstić information content (AvgIpc) is 2.13. The van der Waals surface area contributed by atoms with Gasteiger partial charge in [0, 0.05) is 12.6 Å². The van der Waals surface area contributed by atoms with Crippen molar-refractivity contribution in [2.24, 2.45) is 11.7 Å². The van der Waals surface area contributed by atoms with Gasteiger partial charge in [-0.05, 0) is 19.3 Å². The quantitative estimate of drug-likeness (QED) is 0.613. The van der Waals surface area contributed by atoms with Crippen molar-refractivity contribution < 1.29 is 4.74 Å². The smallest absolute Gasteiger partial charge is 0.0748 e. The highest BCUT2D eigenvalue weighted by Gasteiger charge is 2.20. The number of ether oxygens (including phenoxy) is 1. The van der Waals surface area contributed by atoms with E-state index >= 15 is 0 Å². The molecule has 0 aliphatic carbocycles. The molecule has 0 saturated carbocycles. The highest BCUT2D eigenvalue weighted by atomic mass is 16.5. The fourth-order valence-electron chi connectivity index (χ4n) is 1.80. The number of hydrogen-bond donors (Lipinski definition) is 1. The van der Waals surface area contributed by atoms with Gasteiger partial charge >= 0.3 is 0 Å². The fraction of sp³-hybridized carbons (Fsp3) is 1.00. The third kappa shape index (κ3) is 5.61. The molecule has 0 aromatic heterocycles. The average molecular weight is 201 g/mol. The van der Waals surface area contributed by atoms with Crippen molar-refractivity contribution in [3.8, 4) is 0 Å². The molecule has 0 saturated heterocycles. The molecule has 2 N–H and O–H groups in total. The van der Waals surface area contributed by atoms with E-state index in [9.17, 15) is 0 Å². The van der Waals surface area contributed by atoms with E-state index in [0.29, 0.717) is 5.92 Å². The summed E-state index contributed by atoms with van der Waals surface area (Å²) >= 11 is 0. The van der Waals surface area contributed by atoms with E-state index in [1.54, 1.807) is 0 Å². The van der Waals surface area contributed by atoms with Gasteiger partial charge in [-0.1, -0.05) is 40.0 Å². The monoisotopic (exact) mass is 201 g/mol. The van der Waals surface area contributed by atoms with Crippen LogP contribution in [0, 0.1) is 5.92 Å². The van der Waals surface area contributed by atoms with Crippen LogP contribution in [0.4, 0.5) is 0 Å². The third-order valence-corrected chi connectivity index (χ3v) is 2.58. The van der Waals surface area contributed by atoms with E-state index in [1.807, 2.05) is 6.92 Å². The Hall–Kier alpha value is -0.0800. The van der Waals surface area contributed by atoms with Crippen molar-refractivity contribution in [2.45, 2.75) is 65.5 Å². The van der Waals surface area contributed by atoms with Crippen molar-refractivity contribution in [1.82, 2.24) is 0 Å². The normalized spacial score (nSPS) is 15.9. The summed E-state index contributed by atoms with van der Waals surface area (Å²) in [5.74, 6) is 0.520. The summed E-state index contributed by atoms with van der Waals surface area (Å²) in [4.78, 5) is 0. The molecular formula is C12H27NO. The fourth-order valence-corrected chi connectivity index (χ4v) is 1.80. The Labute approximate surface area is 89.2 Å². The molecule has 2 heteroatoms. The van der Waals surface area contributed by atoms with Crippen LogP contribution >= 0.6 is 0 Å². The molecule has 0 amide bonds. The Balaban J connectivity index is 3.82. The van der Waals surface area contributed by atoms with Gasteiger partial charge in [0.25, 0.3) is 0 Å². The van der Waals surface area contributed by atoms with Gasteiger partial charge in [0.15, 0.2) is 0 Å². The number of nitrogens with two attached hydrogens (primary N) is 1. The number of rotatable bonds is 8. The first-order chi connectivity index (χ1) is 6.63. The summed E-state index contributed by atoms with van der Waals surface area (Å²) in [6, 6.07) is 0.210. The lowest BCUT2D eigenvalue weighted by Crippen LogP contribution is -2.40. The van der Waals surface area contributed by atoms with E-state index < -0.39 is 0 Å². The predicted molar refractivity (Wildman–Crippen MR) is 62.4 cm³/mol. The molecule has 0 aliphatic rings. The van der Waals surface area contributed by atoms with Crippen LogP contribution < -0.4 is 5.73 Å². The summed E-state index contributed by atoms with van der Waals surface area (Å²) in [5.41, 5.74) is 6.12. The van der Waals surface area contributed by atoms with E-state index in [4.69, 9.17) is 10.5 Å². The van der Waals surface area contributed by atoms with Gasteiger partial charge in [0.05, 0.1) is 6.10 Å². The molecule has 2 nitrogen and oxygen atoms in total. The first-order valence-electron chi connectivity index (χ1n) is 6.00. The Kier molecular flexibility index (Phi) is 8.20. The lowest BCUT2D eigenvalue weighted by molar-refractivity contribution is 0.0104. The minimum Gasteiger partial charge on any atom is -0.377 e. The van der Waals surface area contributed by atoms with Gasteiger partial charge < -0.3 is 10.5 Å². The lowest BCUT2D eigenvalue weighted by atomic mass is 9.95. The SMILES string of the molecule is CCCCCC(N)C(OCC)C(C)C. The second kappa shape index (κ2) is 8.25. The second-order valence-corrected chi connectivity index (χ2v) is 4.32. The van der Waals surface area contributed by atoms with Gasteiger partial charge in [-0.25, -0.2) is 0 Å². The van der Waals surface area contributed by atoms with Gasteiger partial charge in [0.2, 0.25) is 0 Å². The maximum absolute atomic E-state index is 6.12. The van der Waals surface area contributed by atoms with Crippen LogP contribution in [0.15, 0.2) is 0 Å². The second-order valence-electron chi connectivity index (χ2n) is 4.32. The van der Waals surface area contributed by atoms with Crippen LogP contribution in [-0.4, -0.2) is 18.8 Å². The zero-order chi connectivity index (χ0) is 11.0. The highest BCUT2D eigenvalue weighted by molar-refractivity contribution is 4.76. The molecule has 0 bridgehead atoms. The van der Waals surface area contributed by atoms with Crippen molar-refractivity contribution in [2.75, 3.05) is 6.61 Å². The molecule has 0 aliphatic heterocycles. The standard InChI is InChI=1S/C12H27NO/c1-5-7-8-9-11(13)12(10(3)4)14-6-2/h10-12H,5-9,13H2,1-4H3. The zero-order valence-electron chi connectivity index (χ0n) is 10.3. The molecule has 0 heterocycles. The van der Waals surface area contributed by atoms with Crippen LogP contribution in [0.25, 0.3) is 0 Å². The van der Waals surface area contributed by atoms with Crippen LogP contribution in [0.3, 0.4) is 0 Å². The summed E-state index contributed by atoms with van der Waals surface area (Å²) < 4.78 is 5.67. The molecule has 14 heavy (non-hydrogen) atoms. The summed E-state index contributed by atoms with van der Waals surface area (Å²) in [5, 5.41) is 0. The highest BCUT2D eigenvalue weighted by Crippen LogP contribution is 2.14. The van der Waals surface area contributed by atoms with Gasteiger partial charge in [-0.15, -0.1) is 0 Å². The topological polar surface area (TPSA) is 35.2 Å². The van der Waals surface area contributed by atoms with E-state index in [2.05, 4.69) is 20.8 Å². The van der Waals surface area contributed by atoms with Crippen molar-refractivity contribution in [3.63, 3.8) is 0 Å². The molecule has 86 valence electrons. The summed E-state index contributed by atoms with van der Waals surface area (Å²) in [6.07, 6.45) is 5.10. The molecular weight excluding hydrogens is 174 g/mol. The summed E-state index contributed by atoms with van der Waals surface area (Å²) in [7, 11) is 0.